The van der Waals surface area contributed by atoms with Gasteiger partial charge in [-0.1, -0.05) is 0 Å². The number of aromatic amines is 1. The minimum absolute atomic E-state index is 0.236. The van der Waals surface area contributed by atoms with Crippen LogP contribution in [-0.2, 0) is 10.5 Å². The molecule has 1 N–H and O–H groups in total. The van der Waals surface area contributed by atoms with Crippen molar-refractivity contribution < 1.29 is 13.9 Å². The normalized spacial score (nSPS) is 15.8. The zero-order chi connectivity index (χ0) is 20.5. The molecule has 0 radical (unpaired) electrons. The second kappa shape index (κ2) is 8.41. The summed E-state index contributed by atoms with van der Waals surface area (Å²) in [6.45, 7) is 6.88. The number of rotatable bonds is 3. The Kier molecular flexibility index (Phi) is 6.34. The van der Waals surface area contributed by atoms with Gasteiger partial charge in [-0.25, -0.2) is 14.2 Å². The van der Waals surface area contributed by atoms with E-state index < -0.39 is 11.4 Å². The Labute approximate surface area is 175 Å². The zero-order valence-electron chi connectivity index (χ0n) is 16.1. The molecule has 1 saturated heterocycles. The summed E-state index contributed by atoms with van der Waals surface area (Å²) in [6.07, 6.45) is 1.45. The van der Waals surface area contributed by atoms with Crippen LogP contribution in [0.1, 0.15) is 39.4 Å². The predicted octanol–water partition coefficient (Wildman–Crippen LogP) is 4.46. The summed E-state index contributed by atoms with van der Waals surface area (Å²) in [5.74, 6) is 0.631. The Bertz CT molecular complexity index is 936. The van der Waals surface area contributed by atoms with Gasteiger partial charge in [0.2, 0.25) is 0 Å². The van der Waals surface area contributed by atoms with E-state index in [1.54, 1.807) is 16.7 Å². The second-order valence-corrected chi connectivity index (χ2v) is 9.92. The fourth-order valence-electron chi connectivity index (χ4n) is 2.98. The van der Waals surface area contributed by atoms with Crippen LogP contribution in [-0.4, -0.2) is 44.9 Å². The third-order valence-corrected chi connectivity index (χ3v) is 6.34. The lowest BCUT2D eigenvalue weighted by Crippen LogP contribution is -2.42. The molecule has 28 heavy (non-hydrogen) atoms. The van der Waals surface area contributed by atoms with E-state index in [0.29, 0.717) is 35.4 Å². The van der Waals surface area contributed by atoms with Crippen LogP contribution >= 0.6 is 27.7 Å². The van der Waals surface area contributed by atoms with Gasteiger partial charge < -0.3 is 14.6 Å². The summed E-state index contributed by atoms with van der Waals surface area (Å²) in [5.41, 5.74) is -0.368. The quantitative estimate of drug-likeness (QED) is 0.714. The monoisotopic (exact) mass is 471 g/mol. The first-order valence-electron chi connectivity index (χ1n) is 9.10. The summed E-state index contributed by atoms with van der Waals surface area (Å²) >= 11 is 4.83. The van der Waals surface area contributed by atoms with Crippen LogP contribution in [0, 0.1) is 5.82 Å². The Morgan fingerprint density at radius 2 is 2.07 bits per heavy atom. The van der Waals surface area contributed by atoms with Crippen molar-refractivity contribution in [1.82, 2.24) is 14.9 Å². The first-order valence-corrected chi connectivity index (χ1v) is 10.9. The number of nitrogens with one attached hydrogen (secondary N) is 1. The van der Waals surface area contributed by atoms with Crippen LogP contribution in [0.4, 0.5) is 9.18 Å². The highest BCUT2D eigenvalue weighted by atomic mass is 79.9. The van der Waals surface area contributed by atoms with E-state index in [0.717, 1.165) is 12.8 Å². The van der Waals surface area contributed by atoms with E-state index >= 15 is 0 Å². The molecule has 1 aromatic heterocycles. The molecule has 0 bridgehead atoms. The van der Waals surface area contributed by atoms with Crippen LogP contribution < -0.4 is 5.56 Å². The summed E-state index contributed by atoms with van der Waals surface area (Å²) < 4.78 is 19.3. The van der Waals surface area contributed by atoms with Gasteiger partial charge in [0.1, 0.15) is 17.2 Å². The van der Waals surface area contributed by atoms with Crippen molar-refractivity contribution >= 4 is 44.7 Å². The third kappa shape index (κ3) is 5.26. The number of H-pyrrole nitrogens is 1. The van der Waals surface area contributed by atoms with Gasteiger partial charge in [-0.2, -0.15) is 11.8 Å². The number of likely N-dealkylation sites (tertiary alicyclic amines) is 1. The largest absolute Gasteiger partial charge is 0.444 e. The van der Waals surface area contributed by atoms with E-state index in [1.165, 1.54) is 12.1 Å². The number of fused-ring (bicyclic) bond motifs is 1. The van der Waals surface area contributed by atoms with Crippen molar-refractivity contribution in [2.75, 3.05) is 13.1 Å². The van der Waals surface area contributed by atoms with Crippen molar-refractivity contribution in [2.45, 2.75) is 50.2 Å². The topological polar surface area (TPSA) is 75.3 Å². The van der Waals surface area contributed by atoms with Gasteiger partial charge in [0, 0.05) is 18.3 Å². The number of carbonyl (C=O) groups is 1. The average molecular weight is 472 g/mol. The standard InChI is InChI=1S/C19H23BrFN3O3S/c1-19(2,3)27-18(26)24-6-4-11(5-7-24)28-10-16-22-15-9-13(20)14(21)8-12(15)17(25)23-16/h8-9,11H,4-7,10H2,1-3H3,(H,22,23,25). The molecule has 0 spiro atoms. The van der Waals surface area contributed by atoms with E-state index in [1.807, 2.05) is 20.8 Å². The molecule has 6 nitrogen and oxygen atoms in total. The fraction of sp³-hybridized carbons (Fsp3) is 0.526. The molecular weight excluding hydrogens is 449 g/mol. The zero-order valence-corrected chi connectivity index (χ0v) is 18.5. The molecule has 0 saturated carbocycles. The van der Waals surface area contributed by atoms with Crippen LogP contribution in [0.15, 0.2) is 21.4 Å². The van der Waals surface area contributed by atoms with Gasteiger partial charge >= 0.3 is 6.09 Å². The van der Waals surface area contributed by atoms with E-state index in [2.05, 4.69) is 25.9 Å². The molecule has 3 rings (SSSR count). The predicted molar refractivity (Wildman–Crippen MR) is 112 cm³/mol. The Morgan fingerprint density at radius 3 is 2.71 bits per heavy atom. The summed E-state index contributed by atoms with van der Waals surface area (Å²) in [7, 11) is 0. The third-order valence-electron chi connectivity index (χ3n) is 4.35. The summed E-state index contributed by atoms with van der Waals surface area (Å²) in [4.78, 5) is 33.3. The highest BCUT2D eigenvalue weighted by Crippen LogP contribution is 2.27. The number of piperidine rings is 1. The lowest BCUT2D eigenvalue weighted by atomic mass is 10.1. The Morgan fingerprint density at radius 1 is 1.39 bits per heavy atom. The molecule has 0 aliphatic carbocycles. The Hall–Kier alpha value is -1.61. The molecule has 152 valence electrons. The van der Waals surface area contributed by atoms with Crippen molar-refractivity contribution in [3.63, 3.8) is 0 Å². The van der Waals surface area contributed by atoms with Crippen molar-refractivity contribution in [2.24, 2.45) is 0 Å². The average Bonchev–Trinajstić information content (AvgIpc) is 2.61. The van der Waals surface area contributed by atoms with Crippen LogP contribution in [0.5, 0.6) is 0 Å². The highest BCUT2D eigenvalue weighted by Gasteiger charge is 2.27. The summed E-state index contributed by atoms with van der Waals surface area (Å²) in [6, 6.07) is 2.71. The van der Waals surface area contributed by atoms with Gasteiger partial charge in [-0.05, 0) is 61.7 Å². The van der Waals surface area contributed by atoms with Gasteiger partial charge in [0.25, 0.3) is 5.56 Å². The molecule has 1 aliphatic rings. The maximum atomic E-state index is 13.6. The summed E-state index contributed by atoms with van der Waals surface area (Å²) in [5, 5.41) is 0.611. The minimum atomic E-state index is -0.492. The van der Waals surface area contributed by atoms with Crippen LogP contribution in [0.2, 0.25) is 0 Å². The molecule has 1 aliphatic heterocycles. The van der Waals surface area contributed by atoms with Gasteiger partial charge in [0.15, 0.2) is 0 Å². The van der Waals surface area contributed by atoms with Crippen molar-refractivity contribution in [3.05, 3.63) is 38.6 Å². The first kappa shape index (κ1) is 21.1. The molecule has 2 heterocycles. The van der Waals surface area contributed by atoms with E-state index in [-0.39, 0.29) is 21.5 Å². The number of benzene rings is 1. The number of halogens is 2. The lowest BCUT2D eigenvalue weighted by Gasteiger charge is -2.33. The molecule has 1 amide bonds. The van der Waals surface area contributed by atoms with Gasteiger partial charge in [-0.15, -0.1) is 0 Å². The Balaban J connectivity index is 1.58. The number of aromatic nitrogens is 2. The number of ether oxygens (including phenoxy) is 1. The molecule has 0 atom stereocenters. The number of thioether (sulfide) groups is 1. The second-order valence-electron chi connectivity index (χ2n) is 7.77. The number of carbonyl (C=O) groups excluding carboxylic acids is 1. The van der Waals surface area contributed by atoms with Crippen molar-refractivity contribution in [3.8, 4) is 0 Å². The minimum Gasteiger partial charge on any atom is -0.444 e. The van der Waals surface area contributed by atoms with Crippen LogP contribution in [0.3, 0.4) is 0 Å². The molecule has 0 unspecified atom stereocenters. The smallest absolute Gasteiger partial charge is 0.410 e. The van der Waals surface area contributed by atoms with E-state index in [9.17, 15) is 14.0 Å². The van der Waals surface area contributed by atoms with Crippen LogP contribution in [0.25, 0.3) is 10.9 Å². The molecular formula is C19H23BrFN3O3S. The maximum absolute atomic E-state index is 13.6. The maximum Gasteiger partial charge on any atom is 0.410 e. The van der Waals surface area contributed by atoms with Gasteiger partial charge in [0.05, 0.1) is 21.1 Å². The number of nitrogens with zero attached hydrogens (tertiary/aromatic N) is 2. The molecule has 2 aromatic rings. The van der Waals surface area contributed by atoms with Crippen molar-refractivity contribution in [1.29, 1.82) is 0 Å². The number of hydrogen-bond acceptors (Lipinski definition) is 5. The molecule has 1 fully saturated rings. The SMILES string of the molecule is CC(C)(C)OC(=O)N1CCC(SCc2nc3cc(Br)c(F)cc3c(=O)[nH]2)CC1. The highest BCUT2D eigenvalue weighted by molar-refractivity contribution is 9.10. The number of amides is 1. The fourth-order valence-corrected chi connectivity index (χ4v) is 4.38. The lowest BCUT2D eigenvalue weighted by molar-refractivity contribution is 0.0219. The van der Waals surface area contributed by atoms with Gasteiger partial charge in [-0.3, -0.25) is 4.79 Å². The van der Waals surface area contributed by atoms with E-state index in [4.69, 9.17) is 4.74 Å². The first-order chi connectivity index (χ1) is 13.1. The molecule has 1 aromatic carbocycles. The number of hydrogen-bond donors (Lipinski definition) is 1. The molecule has 9 heteroatoms.